The summed E-state index contributed by atoms with van der Waals surface area (Å²) >= 11 is 0. The Labute approximate surface area is 244 Å². The molecule has 1 aliphatic heterocycles. The molecule has 3 aromatic carbocycles. The lowest BCUT2D eigenvalue weighted by atomic mass is 9.94. The third-order valence-corrected chi connectivity index (χ3v) is 7.74. The predicted octanol–water partition coefficient (Wildman–Crippen LogP) is 4.82. The topological polar surface area (TPSA) is 108 Å². The highest BCUT2D eigenvalue weighted by atomic mass is 16.6. The van der Waals surface area contributed by atoms with Crippen LogP contribution >= 0.6 is 0 Å². The molecule has 1 atom stereocenters. The van der Waals surface area contributed by atoms with Crippen LogP contribution in [-0.4, -0.2) is 52.7 Å². The van der Waals surface area contributed by atoms with Crippen LogP contribution in [-0.2, 0) is 16.1 Å². The Morgan fingerprint density at radius 3 is 2.55 bits per heavy atom. The van der Waals surface area contributed by atoms with E-state index in [1.165, 1.54) is 6.42 Å². The summed E-state index contributed by atoms with van der Waals surface area (Å²) in [4.78, 5) is 30.1. The zero-order valence-electron chi connectivity index (χ0n) is 23.7. The van der Waals surface area contributed by atoms with Crippen molar-refractivity contribution in [3.05, 3.63) is 72.3 Å². The van der Waals surface area contributed by atoms with Crippen LogP contribution in [0.4, 0.5) is 5.69 Å². The fourth-order valence-corrected chi connectivity index (χ4v) is 5.72. The van der Waals surface area contributed by atoms with Crippen LogP contribution in [0, 0.1) is 0 Å². The number of aromatic nitrogens is 3. The van der Waals surface area contributed by atoms with E-state index >= 15 is 0 Å². The van der Waals surface area contributed by atoms with E-state index in [-0.39, 0.29) is 24.4 Å². The van der Waals surface area contributed by atoms with E-state index in [4.69, 9.17) is 14.2 Å². The lowest BCUT2D eigenvalue weighted by molar-refractivity contribution is -0.127. The number of anilines is 1. The lowest BCUT2D eigenvalue weighted by Gasteiger charge is -2.34. The van der Waals surface area contributed by atoms with Gasteiger partial charge in [-0.1, -0.05) is 48.7 Å². The van der Waals surface area contributed by atoms with E-state index in [2.05, 4.69) is 15.6 Å². The molecule has 4 aromatic rings. The number of nitrogens with one attached hydrogen (secondary N) is 1. The molecule has 0 radical (unpaired) electrons. The van der Waals surface area contributed by atoms with Gasteiger partial charge in [0.1, 0.15) is 37.1 Å². The molecule has 0 unspecified atom stereocenters. The number of carbonyl (C=O) groups is 2. The molecule has 1 fully saturated rings. The average molecular weight is 570 g/mol. The summed E-state index contributed by atoms with van der Waals surface area (Å²) in [7, 11) is 0. The van der Waals surface area contributed by atoms with Crippen molar-refractivity contribution in [1.82, 2.24) is 20.3 Å². The maximum atomic E-state index is 14.4. The van der Waals surface area contributed by atoms with Gasteiger partial charge in [-0.3, -0.25) is 14.5 Å². The number of amides is 2. The Bertz CT molecular complexity index is 1550. The minimum absolute atomic E-state index is 0.0629. The van der Waals surface area contributed by atoms with Gasteiger partial charge in [0, 0.05) is 17.8 Å². The van der Waals surface area contributed by atoms with Crippen molar-refractivity contribution in [3.63, 3.8) is 0 Å². The SMILES string of the molecule is CCOc1ccc([C@H](C(=O)NC2CCCCC2)N(C(=O)Cn2nnc3ccccc32)c2ccc3c(c2)OCCO3)cc1. The molecule has 10 nitrogen and oxygen atoms in total. The van der Waals surface area contributed by atoms with Gasteiger partial charge in [-0.25, -0.2) is 4.68 Å². The number of nitrogens with zero attached hydrogens (tertiary/aromatic N) is 4. The normalized spacial score (nSPS) is 15.6. The van der Waals surface area contributed by atoms with Gasteiger partial charge < -0.3 is 19.5 Å². The van der Waals surface area contributed by atoms with Crippen molar-refractivity contribution in [2.45, 2.75) is 57.7 Å². The molecule has 1 N–H and O–H groups in total. The van der Waals surface area contributed by atoms with Gasteiger partial charge in [-0.05, 0) is 61.7 Å². The molecule has 1 aromatic heterocycles. The van der Waals surface area contributed by atoms with Crippen LogP contribution in [0.5, 0.6) is 17.2 Å². The first-order valence-corrected chi connectivity index (χ1v) is 14.6. The molecule has 1 aliphatic carbocycles. The number of benzene rings is 3. The molecule has 0 saturated heterocycles. The minimum Gasteiger partial charge on any atom is -0.494 e. The molecule has 10 heteroatoms. The Hall–Kier alpha value is -4.60. The van der Waals surface area contributed by atoms with Gasteiger partial charge in [0.25, 0.3) is 0 Å². The summed E-state index contributed by atoms with van der Waals surface area (Å²) in [6.07, 6.45) is 5.16. The van der Waals surface area contributed by atoms with Crippen molar-refractivity contribution in [2.75, 3.05) is 24.7 Å². The first kappa shape index (κ1) is 27.6. The number of fused-ring (bicyclic) bond motifs is 2. The monoisotopic (exact) mass is 569 g/mol. The van der Waals surface area contributed by atoms with E-state index in [0.29, 0.717) is 53.8 Å². The Kier molecular flexibility index (Phi) is 8.21. The molecule has 1 saturated carbocycles. The van der Waals surface area contributed by atoms with Gasteiger partial charge in [-0.2, -0.15) is 0 Å². The smallest absolute Gasteiger partial charge is 0.249 e. The summed E-state index contributed by atoms with van der Waals surface area (Å²) in [6, 6.07) is 19.3. The van der Waals surface area contributed by atoms with Crippen LogP contribution < -0.4 is 24.4 Å². The molecule has 6 rings (SSSR count). The van der Waals surface area contributed by atoms with Crippen LogP contribution in [0.25, 0.3) is 11.0 Å². The fraction of sp³-hybridized carbons (Fsp3) is 0.375. The van der Waals surface area contributed by atoms with Crippen molar-refractivity contribution in [3.8, 4) is 17.2 Å². The second kappa shape index (κ2) is 12.5. The second-order valence-electron chi connectivity index (χ2n) is 10.6. The fourth-order valence-electron chi connectivity index (χ4n) is 5.72. The lowest BCUT2D eigenvalue weighted by Crippen LogP contribution is -2.48. The van der Waals surface area contributed by atoms with Crippen molar-refractivity contribution in [2.24, 2.45) is 0 Å². The van der Waals surface area contributed by atoms with Crippen LogP contribution in [0.3, 0.4) is 0 Å². The molecule has 0 spiro atoms. The number of ether oxygens (including phenoxy) is 3. The Morgan fingerprint density at radius 1 is 1.00 bits per heavy atom. The number of rotatable bonds is 9. The van der Waals surface area contributed by atoms with Gasteiger partial charge in [-0.15, -0.1) is 5.10 Å². The Balaban J connectivity index is 1.42. The summed E-state index contributed by atoms with van der Waals surface area (Å²) in [5, 5.41) is 11.7. The first-order chi connectivity index (χ1) is 20.6. The summed E-state index contributed by atoms with van der Waals surface area (Å²) < 4.78 is 18.8. The number of hydrogen-bond acceptors (Lipinski definition) is 7. The third kappa shape index (κ3) is 5.88. The molecule has 2 heterocycles. The molecule has 2 aliphatic rings. The average Bonchev–Trinajstić information content (AvgIpc) is 3.43. The molecule has 0 bridgehead atoms. The number of hydrogen-bond donors (Lipinski definition) is 1. The highest BCUT2D eigenvalue weighted by molar-refractivity contribution is 6.02. The Morgan fingerprint density at radius 2 is 1.76 bits per heavy atom. The largest absolute Gasteiger partial charge is 0.494 e. The molecule has 218 valence electrons. The van der Waals surface area contributed by atoms with Crippen molar-refractivity contribution in [1.29, 1.82) is 0 Å². The quantitative estimate of drug-likeness (QED) is 0.308. The van der Waals surface area contributed by atoms with E-state index in [9.17, 15) is 9.59 Å². The van der Waals surface area contributed by atoms with Gasteiger partial charge in [0.05, 0.1) is 12.1 Å². The van der Waals surface area contributed by atoms with Crippen molar-refractivity contribution < 1.29 is 23.8 Å². The molecular formula is C32H35N5O5. The predicted molar refractivity (Wildman–Crippen MR) is 158 cm³/mol. The van der Waals surface area contributed by atoms with Gasteiger partial charge >= 0.3 is 0 Å². The zero-order valence-corrected chi connectivity index (χ0v) is 23.7. The van der Waals surface area contributed by atoms with Gasteiger partial charge in [0.2, 0.25) is 11.8 Å². The summed E-state index contributed by atoms with van der Waals surface area (Å²) in [5.41, 5.74) is 2.61. The maximum Gasteiger partial charge on any atom is 0.249 e. The van der Waals surface area contributed by atoms with E-state index in [1.807, 2.05) is 55.5 Å². The zero-order chi connectivity index (χ0) is 28.9. The van der Waals surface area contributed by atoms with E-state index in [0.717, 1.165) is 31.2 Å². The maximum absolute atomic E-state index is 14.4. The molecular weight excluding hydrogens is 534 g/mol. The highest BCUT2D eigenvalue weighted by Gasteiger charge is 2.35. The highest BCUT2D eigenvalue weighted by Crippen LogP contribution is 2.38. The van der Waals surface area contributed by atoms with E-state index < -0.39 is 6.04 Å². The van der Waals surface area contributed by atoms with Crippen LogP contribution in [0.2, 0.25) is 0 Å². The van der Waals surface area contributed by atoms with E-state index in [1.54, 1.807) is 27.8 Å². The van der Waals surface area contributed by atoms with Crippen LogP contribution in [0.15, 0.2) is 66.7 Å². The third-order valence-electron chi connectivity index (χ3n) is 7.74. The second-order valence-corrected chi connectivity index (χ2v) is 10.6. The summed E-state index contributed by atoms with van der Waals surface area (Å²) in [5.74, 6) is 1.27. The first-order valence-electron chi connectivity index (χ1n) is 14.6. The minimum atomic E-state index is -0.951. The number of para-hydroxylation sites is 1. The standard InChI is InChI=1S/C32H35N5O5/c1-2-40-25-15-12-22(13-16-25)31(32(39)33-23-8-4-3-5-9-23)37(24-14-17-28-29(20-24)42-19-18-41-28)30(38)21-36-27-11-7-6-10-26(27)34-35-36/h6-7,10-17,20,23,31H,2-5,8-9,18-19,21H2,1H3,(H,33,39)/t31-/m1/s1. The van der Waals surface area contributed by atoms with Gasteiger partial charge in [0.15, 0.2) is 11.5 Å². The summed E-state index contributed by atoms with van der Waals surface area (Å²) in [6.45, 7) is 3.19. The molecule has 2 amide bonds. The number of carbonyl (C=O) groups excluding carboxylic acids is 2. The molecule has 42 heavy (non-hydrogen) atoms. The van der Waals surface area contributed by atoms with Crippen molar-refractivity contribution >= 4 is 28.5 Å². The van der Waals surface area contributed by atoms with Crippen LogP contribution in [0.1, 0.15) is 50.6 Å².